The maximum Gasteiger partial charge on any atom is 0.293 e. The second kappa shape index (κ2) is 12.0. The number of nitrogens with zero attached hydrogens (tertiary/aromatic N) is 1. The molecule has 1 saturated heterocycles. The third kappa shape index (κ3) is 6.93. The number of carbonyl (C=O) groups is 3. The first kappa shape index (κ1) is 26.3. The Hall–Kier alpha value is -3.75. The molecule has 0 atom stereocenters. The zero-order valence-corrected chi connectivity index (χ0v) is 21.9. The van der Waals surface area contributed by atoms with Crippen molar-refractivity contribution in [3.8, 4) is 11.5 Å². The van der Waals surface area contributed by atoms with Gasteiger partial charge in [0.1, 0.15) is 0 Å². The molecule has 7 nitrogen and oxygen atoms in total. The first-order chi connectivity index (χ1) is 17.8. The Kier molecular flexibility index (Phi) is 8.53. The molecule has 1 aliphatic rings. The van der Waals surface area contributed by atoms with Crippen LogP contribution < -0.4 is 14.8 Å². The van der Waals surface area contributed by atoms with Crippen LogP contribution in [0.1, 0.15) is 23.6 Å². The lowest BCUT2D eigenvalue weighted by atomic mass is 10.1. The molecule has 0 aliphatic carbocycles. The Bertz CT molecular complexity index is 1370. The second-order valence-electron chi connectivity index (χ2n) is 8.24. The number of rotatable bonds is 9. The van der Waals surface area contributed by atoms with Crippen LogP contribution >= 0.6 is 23.4 Å². The summed E-state index contributed by atoms with van der Waals surface area (Å²) in [5, 5.41) is 2.93. The molecule has 3 amide bonds. The van der Waals surface area contributed by atoms with Crippen LogP contribution in [0.15, 0.2) is 71.6 Å². The number of carbonyl (C=O) groups excluding carboxylic acids is 3. The number of nitrogens with one attached hydrogen (secondary N) is 1. The quantitative estimate of drug-likeness (QED) is 0.323. The van der Waals surface area contributed by atoms with Gasteiger partial charge >= 0.3 is 0 Å². The summed E-state index contributed by atoms with van der Waals surface area (Å²) in [6.45, 7) is 4.16. The van der Waals surface area contributed by atoms with Crippen LogP contribution in [-0.4, -0.2) is 35.2 Å². The molecule has 0 saturated carbocycles. The van der Waals surface area contributed by atoms with E-state index in [1.807, 2.05) is 38.1 Å². The van der Waals surface area contributed by atoms with Gasteiger partial charge in [0.25, 0.3) is 17.1 Å². The van der Waals surface area contributed by atoms with E-state index < -0.39 is 0 Å². The van der Waals surface area contributed by atoms with Crippen molar-refractivity contribution in [3.63, 3.8) is 0 Å². The van der Waals surface area contributed by atoms with Crippen LogP contribution in [0.5, 0.6) is 11.5 Å². The van der Waals surface area contributed by atoms with E-state index in [2.05, 4.69) is 5.32 Å². The van der Waals surface area contributed by atoms with Gasteiger partial charge in [-0.25, -0.2) is 0 Å². The Balaban J connectivity index is 1.44. The van der Waals surface area contributed by atoms with Crippen LogP contribution in [0.2, 0.25) is 5.02 Å². The minimum absolute atomic E-state index is 0.220. The molecule has 9 heteroatoms. The van der Waals surface area contributed by atoms with E-state index in [4.69, 9.17) is 21.1 Å². The van der Waals surface area contributed by atoms with Gasteiger partial charge in [-0.3, -0.25) is 19.3 Å². The van der Waals surface area contributed by atoms with Gasteiger partial charge in [0.2, 0.25) is 0 Å². The molecule has 4 rings (SSSR count). The molecular formula is C28H25ClN2O5S. The topological polar surface area (TPSA) is 84.9 Å². The van der Waals surface area contributed by atoms with Crippen LogP contribution in [0.4, 0.5) is 10.5 Å². The zero-order valence-electron chi connectivity index (χ0n) is 20.3. The normalized spacial score (nSPS) is 14.2. The van der Waals surface area contributed by atoms with Crippen LogP contribution in [0.3, 0.4) is 0 Å². The molecule has 0 aromatic heterocycles. The van der Waals surface area contributed by atoms with Crippen LogP contribution in [-0.2, 0) is 16.1 Å². The van der Waals surface area contributed by atoms with Crippen molar-refractivity contribution in [1.82, 2.24) is 4.90 Å². The standard InChI is InChI=1S/C28H25ClN2O5S/c1-3-35-24-13-19(10-11-23(24)36-17-26(32)30-22-9-5-8-21(29)15-22)14-25-27(33)31(28(34)37-25)16-20-7-4-6-18(2)12-20/h4-15H,3,16-17H2,1-2H3,(H,30,32)/b25-14-. The summed E-state index contributed by atoms with van der Waals surface area (Å²) in [4.78, 5) is 39.4. The molecule has 0 radical (unpaired) electrons. The first-order valence-corrected chi connectivity index (χ1v) is 12.8. The van der Waals surface area contributed by atoms with E-state index in [-0.39, 0.29) is 30.2 Å². The van der Waals surface area contributed by atoms with Gasteiger partial charge in [-0.05, 0) is 73.1 Å². The van der Waals surface area contributed by atoms with Crippen molar-refractivity contribution in [2.24, 2.45) is 0 Å². The molecule has 1 fully saturated rings. The van der Waals surface area contributed by atoms with E-state index in [0.29, 0.717) is 39.3 Å². The number of anilines is 1. The SMILES string of the molecule is CCOc1cc(/C=C2\SC(=O)N(Cc3cccc(C)c3)C2=O)ccc1OCC(=O)Nc1cccc(Cl)c1. The highest BCUT2D eigenvalue weighted by molar-refractivity contribution is 8.18. The Morgan fingerprint density at radius 3 is 2.59 bits per heavy atom. The summed E-state index contributed by atoms with van der Waals surface area (Å²) in [7, 11) is 0. The zero-order chi connectivity index (χ0) is 26.4. The van der Waals surface area contributed by atoms with E-state index in [1.165, 1.54) is 4.90 Å². The summed E-state index contributed by atoms with van der Waals surface area (Å²) in [5.74, 6) is 0.113. The number of ether oxygens (including phenoxy) is 2. The molecule has 0 bridgehead atoms. The average Bonchev–Trinajstić information content (AvgIpc) is 3.11. The van der Waals surface area contributed by atoms with Gasteiger partial charge in [0.15, 0.2) is 18.1 Å². The van der Waals surface area contributed by atoms with Crippen molar-refractivity contribution in [2.75, 3.05) is 18.5 Å². The molecule has 1 aliphatic heterocycles. The molecule has 190 valence electrons. The average molecular weight is 537 g/mol. The predicted molar refractivity (Wildman–Crippen MR) is 146 cm³/mol. The van der Waals surface area contributed by atoms with Crippen LogP contribution in [0, 0.1) is 6.92 Å². The third-order valence-electron chi connectivity index (χ3n) is 5.33. The third-order valence-corrected chi connectivity index (χ3v) is 6.47. The Labute approximate surface area is 224 Å². The monoisotopic (exact) mass is 536 g/mol. The maximum absolute atomic E-state index is 12.9. The fraction of sp³-hybridized carbons (Fsp3) is 0.179. The van der Waals surface area contributed by atoms with Crippen molar-refractivity contribution >= 4 is 52.2 Å². The summed E-state index contributed by atoms with van der Waals surface area (Å²) in [5.41, 5.74) is 3.19. The number of hydrogen-bond acceptors (Lipinski definition) is 6. The first-order valence-electron chi connectivity index (χ1n) is 11.6. The van der Waals surface area contributed by atoms with E-state index in [1.54, 1.807) is 48.5 Å². The van der Waals surface area contributed by atoms with Crippen molar-refractivity contribution in [1.29, 1.82) is 0 Å². The van der Waals surface area contributed by atoms with Gasteiger partial charge in [0.05, 0.1) is 18.1 Å². The van der Waals surface area contributed by atoms with Crippen molar-refractivity contribution < 1.29 is 23.9 Å². The molecule has 3 aromatic rings. The second-order valence-corrected chi connectivity index (χ2v) is 9.67. The highest BCUT2D eigenvalue weighted by atomic mass is 35.5. The molecule has 37 heavy (non-hydrogen) atoms. The number of hydrogen-bond donors (Lipinski definition) is 1. The highest BCUT2D eigenvalue weighted by Gasteiger charge is 2.35. The van der Waals surface area contributed by atoms with Crippen molar-refractivity contribution in [3.05, 3.63) is 93.3 Å². The van der Waals surface area contributed by atoms with E-state index in [9.17, 15) is 14.4 Å². The Morgan fingerprint density at radius 2 is 1.84 bits per heavy atom. The summed E-state index contributed by atoms with van der Waals surface area (Å²) in [6.07, 6.45) is 1.65. The van der Waals surface area contributed by atoms with Gasteiger partial charge in [0, 0.05) is 10.7 Å². The fourth-order valence-corrected chi connectivity index (χ4v) is 4.72. The Morgan fingerprint density at radius 1 is 1.03 bits per heavy atom. The molecule has 1 N–H and O–H groups in total. The molecule has 0 unspecified atom stereocenters. The van der Waals surface area contributed by atoms with Gasteiger partial charge in [-0.2, -0.15) is 0 Å². The molecule has 1 heterocycles. The van der Waals surface area contributed by atoms with E-state index in [0.717, 1.165) is 22.9 Å². The maximum atomic E-state index is 12.9. The number of imide groups is 1. The molecule has 0 spiro atoms. The number of aryl methyl sites for hydroxylation is 1. The summed E-state index contributed by atoms with van der Waals surface area (Å²) < 4.78 is 11.4. The molecular weight excluding hydrogens is 512 g/mol. The van der Waals surface area contributed by atoms with Crippen LogP contribution in [0.25, 0.3) is 6.08 Å². The number of amides is 3. The van der Waals surface area contributed by atoms with Gasteiger partial charge < -0.3 is 14.8 Å². The fourth-order valence-electron chi connectivity index (χ4n) is 3.69. The lowest BCUT2D eigenvalue weighted by Gasteiger charge is -2.13. The highest BCUT2D eigenvalue weighted by Crippen LogP contribution is 2.35. The lowest BCUT2D eigenvalue weighted by Crippen LogP contribution is -2.27. The number of halogens is 1. The summed E-state index contributed by atoms with van der Waals surface area (Å²) in [6, 6.07) is 19.7. The minimum Gasteiger partial charge on any atom is -0.490 e. The smallest absolute Gasteiger partial charge is 0.293 e. The van der Waals surface area contributed by atoms with Gasteiger partial charge in [-0.15, -0.1) is 0 Å². The van der Waals surface area contributed by atoms with Gasteiger partial charge in [-0.1, -0.05) is 53.6 Å². The number of benzene rings is 3. The predicted octanol–water partition coefficient (Wildman–Crippen LogP) is 6.30. The minimum atomic E-state index is -0.351. The van der Waals surface area contributed by atoms with Crippen molar-refractivity contribution in [2.45, 2.75) is 20.4 Å². The number of thioether (sulfide) groups is 1. The van der Waals surface area contributed by atoms with E-state index >= 15 is 0 Å². The summed E-state index contributed by atoms with van der Waals surface area (Å²) >= 11 is 6.86. The molecule has 3 aromatic carbocycles. The largest absolute Gasteiger partial charge is 0.490 e. The lowest BCUT2D eigenvalue weighted by molar-refractivity contribution is -0.123.